The highest BCUT2D eigenvalue weighted by Gasteiger charge is 2.13. The van der Waals surface area contributed by atoms with E-state index in [4.69, 9.17) is 4.42 Å². The molecule has 1 aromatic rings. The van der Waals surface area contributed by atoms with Crippen molar-refractivity contribution in [3.63, 3.8) is 0 Å². The summed E-state index contributed by atoms with van der Waals surface area (Å²) in [7, 11) is 0. The molecule has 1 heterocycles. The van der Waals surface area contributed by atoms with Crippen molar-refractivity contribution in [2.45, 2.75) is 60.4 Å². The Labute approximate surface area is 129 Å². The van der Waals surface area contributed by atoms with Gasteiger partial charge in [0.25, 0.3) is 0 Å². The number of rotatable bonds is 8. The quantitative estimate of drug-likeness (QED) is 0.428. The first-order valence-corrected chi connectivity index (χ1v) is 7.71. The molecule has 2 heteroatoms. The van der Waals surface area contributed by atoms with E-state index in [1.54, 1.807) is 6.26 Å². The molecule has 0 atom stereocenters. The van der Waals surface area contributed by atoms with Crippen molar-refractivity contribution in [1.82, 2.24) is 0 Å². The van der Waals surface area contributed by atoms with Crippen molar-refractivity contribution in [1.29, 1.82) is 0 Å². The van der Waals surface area contributed by atoms with Gasteiger partial charge in [-0.15, -0.1) is 0 Å². The maximum Gasteiger partial charge on any atom is 0.125 e. The predicted octanol–water partition coefficient (Wildman–Crippen LogP) is 5.96. The van der Waals surface area contributed by atoms with Gasteiger partial charge in [-0.3, -0.25) is 4.99 Å². The number of aliphatic imine (C=N–C) groups is 1. The summed E-state index contributed by atoms with van der Waals surface area (Å²) in [5.74, 6) is 0.912. The van der Waals surface area contributed by atoms with E-state index in [1.807, 2.05) is 12.1 Å². The van der Waals surface area contributed by atoms with E-state index in [2.05, 4.69) is 58.0 Å². The second kappa shape index (κ2) is 8.66. The van der Waals surface area contributed by atoms with Gasteiger partial charge in [0.05, 0.1) is 12.8 Å². The van der Waals surface area contributed by atoms with E-state index in [0.717, 1.165) is 25.0 Å². The SMILES string of the molecule is CC(C)=CCCC(C)=CCC(C)(C)C=NCc1ccco1. The van der Waals surface area contributed by atoms with E-state index in [1.165, 1.54) is 11.1 Å². The first kappa shape index (κ1) is 17.5. The highest BCUT2D eigenvalue weighted by molar-refractivity contribution is 5.64. The molecule has 0 aromatic carbocycles. The molecule has 2 nitrogen and oxygen atoms in total. The molecule has 1 rings (SSSR count). The third-order valence-corrected chi connectivity index (χ3v) is 3.34. The summed E-state index contributed by atoms with van der Waals surface area (Å²) in [6, 6.07) is 3.85. The van der Waals surface area contributed by atoms with Crippen molar-refractivity contribution < 1.29 is 4.42 Å². The van der Waals surface area contributed by atoms with Crippen LogP contribution < -0.4 is 0 Å². The van der Waals surface area contributed by atoms with E-state index >= 15 is 0 Å². The summed E-state index contributed by atoms with van der Waals surface area (Å²) in [4.78, 5) is 4.49. The molecule has 0 saturated carbocycles. The Kier molecular flexibility index (Phi) is 7.21. The topological polar surface area (TPSA) is 25.5 Å². The van der Waals surface area contributed by atoms with Crippen molar-refractivity contribution in [3.8, 4) is 0 Å². The number of hydrogen-bond donors (Lipinski definition) is 0. The van der Waals surface area contributed by atoms with Gasteiger partial charge in [0, 0.05) is 11.6 Å². The van der Waals surface area contributed by atoms with Gasteiger partial charge >= 0.3 is 0 Å². The van der Waals surface area contributed by atoms with Gasteiger partial charge < -0.3 is 4.42 Å². The average molecular weight is 287 g/mol. The van der Waals surface area contributed by atoms with Gasteiger partial charge in [0.1, 0.15) is 5.76 Å². The van der Waals surface area contributed by atoms with Gasteiger partial charge in [-0.2, -0.15) is 0 Å². The number of nitrogens with zero attached hydrogens (tertiary/aromatic N) is 1. The van der Waals surface area contributed by atoms with Crippen molar-refractivity contribution in [2.24, 2.45) is 10.4 Å². The van der Waals surface area contributed by atoms with E-state index in [9.17, 15) is 0 Å². The third kappa shape index (κ3) is 8.34. The highest BCUT2D eigenvalue weighted by Crippen LogP contribution is 2.21. The summed E-state index contributed by atoms with van der Waals surface area (Å²) < 4.78 is 5.28. The van der Waals surface area contributed by atoms with E-state index in [0.29, 0.717) is 6.54 Å². The van der Waals surface area contributed by atoms with Crippen LogP contribution in [0.3, 0.4) is 0 Å². The van der Waals surface area contributed by atoms with Gasteiger partial charge in [0.2, 0.25) is 0 Å². The number of furan rings is 1. The lowest BCUT2D eigenvalue weighted by Crippen LogP contribution is -2.12. The lowest BCUT2D eigenvalue weighted by atomic mass is 9.89. The molecule has 0 bridgehead atoms. The van der Waals surface area contributed by atoms with Crippen LogP contribution in [-0.4, -0.2) is 6.21 Å². The van der Waals surface area contributed by atoms with Gasteiger partial charge in [-0.05, 0) is 52.2 Å². The smallest absolute Gasteiger partial charge is 0.125 e. The van der Waals surface area contributed by atoms with Crippen LogP contribution in [0.1, 0.15) is 59.6 Å². The molecule has 0 fully saturated rings. The number of hydrogen-bond acceptors (Lipinski definition) is 2. The minimum absolute atomic E-state index is 0.0877. The van der Waals surface area contributed by atoms with Crippen LogP contribution in [0.25, 0.3) is 0 Å². The summed E-state index contributed by atoms with van der Waals surface area (Å²) >= 11 is 0. The molecule has 1 aromatic heterocycles. The Balaban J connectivity index is 2.40. The highest BCUT2D eigenvalue weighted by atomic mass is 16.3. The zero-order valence-electron chi connectivity index (χ0n) is 14.1. The van der Waals surface area contributed by atoms with Crippen LogP contribution in [0.4, 0.5) is 0 Å². The molecule has 0 radical (unpaired) electrons. The van der Waals surface area contributed by atoms with Crippen LogP contribution >= 0.6 is 0 Å². The van der Waals surface area contributed by atoms with Crippen LogP contribution in [0.2, 0.25) is 0 Å². The first-order chi connectivity index (χ1) is 9.89. The molecule has 0 unspecified atom stereocenters. The Hall–Kier alpha value is -1.57. The van der Waals surface area contributed by atoms with Crippen molar-refractivity contribution in [2.75, 3.05) is 0 Å². The molecule has 21 heavy (non-hydrogen) atoms. The van der Waals surface area contributed by atoms with Gasteiger partial charge in [0.15, 0.2) is 0 Å². The fraction of sp³-hybridized carbons (Fsp3) is 0.526. The minimum Gasteiger partial charge on any atom is -0.467 e. The normalized spacial score (nSPS) is 12.9. The molecular formula is C19H29NO. The second-order valence-electron chi connectivity index (χ2n) is 6.61. The lowest BCUT2D eigenvalue weighted by molar-refractivity contribution is 0.507. The minimum atomic E-state index is 0.0877. The average Bonchev–Trinajstić information content (AvgIpc) is 2.89. The molecule has 0 aliphatic rings. The van der Waals surface area contributed by atoms with E-state index < -0.39 is 0 Å². The molecule has 0 saturated heterocycles. The zero-order valence-corrected chi connectivity index (χ0v) is 14.1. The summed E-state index contributed by atoms with van der Waals surface area (Å²) in [5.41, 5.74) is 2.94. The standard InChI is InChI=1S/C19H29NO/c1-16(2)8-6-9-17(3)11-12-19(4,5)15-20-14-18-10-7-13-21-18/h7-8,10-11,13,15H,6,9,12,14H2,1-5H3. The fourth-order valence-electron chi connectivity index (χ4n) is 1.97. The molecule has 0 amide bonds. The fourth-order valence-corrected chi connectivity index (χ4v) is 1.97. The molecule has 0 spiro atoms. The molecule has 116 valence electrons. The van der Waals surface area contributed by atoms with Crippen LogP contribution in [-0.2, 0) is 6.54 Å². The lowest BCUT2D eigenvalue weighted by Gasteiger charge is -2.17. The Morgan fingerprint density at radius 1 is 1.24 bits per heavy atom. The summed E-state index contributed by atoms with van der Waals surface area (Å²) in [5, 5.41) is 0. The van der Waals surface area contributed by atoms with Crippen molar-refractivity contribution in [3.05, 3.63) is 47.5 Å². The number of allylic oxidation sites excluding steroid dienone is 4. The van der Waals surface area contributed by atoms with Crippen molar-refractivity contribution >= 4 is 6.21 Å². The molecule has 0 aliphatic carbocycles. The Morgan fingerprint density at radius 3 is 2.62 bits per heavy atom. The Morgan fingerprint density at radius 2 is 2.00 bits per heavy atom. The molecule has 0 aliphatic heterocycles. The first-order valence-electron chi connectivity index (χ1n) is 7.71. The van der Waals surface area contributed by atoms with Gasteiger partial charge in [-0.1, -0.05) is 37.1 Å². The monoisotopic (exact) mass is 287 g/mol. The zero-order chi connectivity index (χ0) is 15.7. The molecule has 0 N–H and O–H groups in total. The largest absolute Gasteiger partial charge is 0.467 e. The predicted molar refractivity (Wildman–Crippen MR) is 91.7 cm³/mol. The molecular weight excluding hydrogens is 258 g/mol. The van der Waals surface area contributed by atoms with E-state index in [-0.39, 0.29) is 5.41 Å². The summed E-state index contributed by atoms with van der Waals surface area (Å²) in [6.45, 7) is 11.6. The van der Waals surface area contributed by atoms with Gasteiger partial charge in [-0.25, -0.2) is 0 Å². The van der Waals surface area contributed by atoms with Crippen LogP contribution in [0, 0.1) is 5.41 Å². The Bertz CT molecular complexity index is 486. The van der Waals surface area contributed by atoms with Crippen LogP contribution in [0.15, 0.2) is 51.1 Å². The third-order valence-electron chi connectivity index (χ3n) is 3.34. The maximum absolute atomic E-state index is 5.28. The maximum atomic E-state index is 5.28. The van der Waals surface area contributed by atoms with Crippen LogP contribution in [0.5, 0.6) is 0 Å². The second-order valence-corrected chi connectivity index (χ2v) is 6.61. The summed E-state index contributed by atoms with van der Waals surface area (Å²) in [6.07, 6.45) is 11.7.